The molecule has 1 N–H and O–H groups in total. The molecule has 0 aromatic heterocycles. The maximum absolute atomic E-state index is 4.95. The third kappa shape index (κ3) is 6.28. The summed E-state index contributed by atoms with van der Waals surface area (Å²) < 4.78 is 0. The van der Waals surface area contributed by atoms with Crippen LogP contribution in [0.2, 0.25) is 0 Å². The van der Waals surface area contributed by atoms with Gasteiger partial charge in [-0.25, -0.2) is 0 Å². The van der Waals surface area contributed by atoms with E-state index in [0.29, 0.717) is 6.04 Å². The summed E-state index contributed by atoms with van der Waals surface area (Å²) in [6, 6.07) is 10.8. The van der Waals surface area contributed by atoms with E-state index in [9.17, 15) is 0 Å². The standard InChI is InChI=1S/C18H21N3.C4H8.C2H6/c1-4-13(2)17(20-15-10-11-21-12-16(15)21)18(19-3)14-8-6-5-7-9-14;1-3-4-2;1-2/h4-11,13,16,19H,1,12H2,2-3H3;3-4H,1-2H3;1-2H3/b18-17-,20-15?;4-3-;. The van der Waals surface area contributed by atoms with Crippen molar-refractivity contribution < 1.29 is 0 Å². The van der Waals surface area contributed by atoms with Gasteiger partial charge in [0.15, 0.2) is 0 Å². The van der Waals surface area contributed by atoms with E-state index in [-0.39, 0.29) is 5.92 Å². The molecule has 0 amide bonds. The third-order valence-corrected chi connectivity index (χ3v) is 4.37. The highest BCUT2D eigenvalue weighted by Gasteiger charge is 2.39. The number of hydrogen-bond donors (Lipinski definition) is 1. The van der Waals surface area contributed by atoms with Crippen LogP contribution in [-0.4, -0.2) is 30.2 Å². The van der Waals surface area contributed by atoms with Crippen molar-refractivity contribution in [3.05, 3.63) is 78.7 Å². The topological polar surface area (TPSA) is 27.4 Å². The Hall–Kier alpha value is -2.55. The van der Waals surface area contributed by atoms with Crippen LogP contribution >= 0.6 is 0 Å². The van der Waals surface area contributed by atoms with Crippen molar-refractivity contribution >= 4 is 11.4 Å². The van der Waals surface area contributed by atoms with Gasteiger partial charge in [-0.3, -0.25) is 4.99 Å². The second-order valence-electron chi connectivity index (χ2n) is 6.13. The zero-order valence-electron chi connectivity index (χ0n) is 17.7. The summed E-state index contributed by atoms with van der Waals surface area (Å²) >= 11 is 0. The van der Waals surface area contributed by atoms with Gasteiger partial charge in [-0.2, -0.15) is 0 Å². The predicted molar refractivity (Wildman–Crippen MR) is 121 cm³/mol. The lowest BCUT2D eigenvalue weighted by Gasteiger charge is -2.16. The zero-order chi connectivity index (χ0) is 20.2. The first-order valence-electron chi connectivity index (χ1n) is 9.86. The van der Waals surface area contributed by atoms with Crippen molar-refractivity contribution in [2.45, 2.75) is 40.7 Å². The molecule has 1 aromatic carbocycles. The summed E-state index contributed by atoms with van der Waals surface area (Å²) in [6.07, 6.45) is 10.2. The fraction of sp³-hybridized carbons (Fsp3) is 0.375. The number of aliphatic imine (C=N–C) groups is 1. The highest BCUT2D eigenvalue weighted by atomic mass is 15.3. The monoisotopic (exact) mass is 365 g/mol. The lowest BCUT2D eigenvalue weighted by atomic mass is 10.0. The molecule has 3 rings (SSSR count). The quantitative estimate of drug-likeness (QED) is 0.539. The van der Waals surface area contributed by atoms with Gasteiger partial charge in [-0.1, -0.05) is 69.3 Å². The Labute approximate surface area is 165 Å². The zero-order valence-corrected chi connectivity index (χ0v) is 17.7. The van der Waals surface area contributed by atoms with Gasteiger partial charge < -0.3 is 10.2 Å². The minimum Gasteiger partial charge on any atom is -0.386 e. The van der Waals surface area contributed by atoms with E-state index in [0.717, 1.165) is 29.2 Å². The minimum absolute atomic E-state index is 0.196. The molecule has 146 valence electrons. The average Bonchev–Trinajstić information content (AvgIpc) is 3.42. The van der Waals surface area contributed by atoms with Gasteiger partial charge in [0.1, 0.15) is 0 Å². The summed E-state index contributed by atoms with van der Waals surface area (Å²) in [7, 11) is 1.95. The molecule has 0 radical (unpaired) electrons. The van der Waals surface area contributed by atoms with Gasteiger partial charge in [-0.15, -0.1) is 6.58 Å². The van der Waals surface area contributed by atoms with Crippen molar-refractivity contribution in [3.63, 3.8) is 0 Å². The SMILES string of the molecule is C/C=C\C.C=CC(C)/C(N=C1C=CN2CC12)=C(/NC)c1ccccc1.CC. The first-order valence-corrected chi connectivity index (χ1v) is 9.86. The molecule has 1 fully saturated rings. The van der Waals surface area contributed by atoms with Crippen LogP contribution < -0.4 is 5.32 Å². The second kappa shape index (κ2) is 11.9. The number of benzene rings is 1. The van der Waals surface area contributed by atoms with Gasteiger partial charge >= 0.3 is 0 Å². The molecule has 2 unspecified atom stereocenters. The number of nitrogens with one attached hydrogen (secondary N) is 1. The number of allylic oxidation sites excluding steroid dienone is 3. The van der Waals surface area contributed by atoms with Crippen LogP contribution in [0.25, 0.3) is 5.70 Å². The molecule has 27 heavy (non-hydrogen) atoms. The van der Waals surface area contributed by atoms with Crippen molar-refractivity contribution in [1.29, 1.82) is 0 Å². The summed E-state index contributed by atoms with van der Waals surface area (Å²) in [5.74, 6) is 0.196. The van der Waals surface area contributed by atoms with E-state index in [2.05, 4.69) is 48.1 Å². The molecule has 3 heteroatoms. The van der Waals surface area contributed by atoms with Crippen LogP contribution in [-0.2, 0) is 0 Å². The third-order valence-electron chi connectivity index (χ3n) is 4.37. The smallest absolute Gasteiger partial charge is 0.0884 e. The maximum Gasteiger partial charge on any atom is 0.0884 e. The molecule has 2 atom stereocenters. The Bertz CT molecular complexity index is 692. The van der Waals surface area contributed by atoms with Crippen LogP contribution in [0.4, 0.5) is 0 Å². The predicted octanol–water partition coefficient (Wildman–Crippen LogP) is 5.66. The van der Waals surface area contributed by atoms with Gasteiger partial charge in [-0.05, 0) is 25.5 Å². The highest BCUT2D eigenvalue weighted by molar-refractivity contribution is 6.04. The van der Waals surface area contributed by atoms with Crippen LogP contribution in [0.5, 0.6) is 0 Å². The average molecular weight is 366 g/mol. The Morgan fingerprint density at radius 3 is 2.26 bits per heavy atom. The largest absolute Gasteiger partial charge is 0.386 e. The molecule has 0 saturated carbocycles. The van der Waals surface area contributed by atoms with Crippen molar-refractivity contribution in [2.24, 2.45) is 10.9 Å². The normalized spacial score (nSPS) is 20.0. The number of fused-ring (bicyclic) bond motifs is 1. The fourth-order valence-electron chi connectivity index (χ4n) is 2.64. The van der Waals surface area contributed by atoms with E-state index in [4.69, 9.17) is 4.99 Å². The second-order valence-corrected chi connectivity index (χ2v) is 6.13. The van der Waals surface area contributed by atoms with E-state index in [1.807, 2.05) is 71.2 Å². The van der Waals surface area contributed by atoms with Crippen molar-refractivity contribution in [2.75, 3.05) is 13.6 Å². The van der Waals surface area contributed by atoms with Gasteiger partial charge in [0.2, 0.25) is 0 Å². The van der Waals surface area contributed by atoms with E-state index in [1.54, 1.807) is 0 Å². The molecule has 0 aliphatic carbocycles. The Balaban J connectivity index is 0.000000541. The van der Waals surface area contributed by atoms with Crippen LogP contribution in [0.3, 0.4) is 0 Å². The van der Waals surface area contributed by atoms with Gasteiger partial charge in [0.05, 0.1) is 23.1 Å². The molecule has 1 saturated heterocycles. The molecule has 0 spiro atoms. The first-order chi connectivity index (χ1) is 13.2. The molecule has 2 aliphatic heterocycles. The highest BCUT2D eigenvalue weighted by Crippen LogP contribution is 2.30. The fourth-order valence-corrected chi connectivity index (χ4v) is 2.64. The van der Waals surface area contributed by atoms with Gasteiger partial charge in [0.25, 0.3) is 0 Å². The Morgan fingerprint density at radius 1 is 1.22 bits per heavy atom. The van der Waals surface area contributed by atoms with Gasteiger partial charge in [0, 0.05) is 25.7 Å². The molecule has 2 heterocycles. The molecular formula is C24H35N3. The lowest BCUT2D eigenvalue weighted by molar-refractivity contribution is 0.758. The molecule has 0 bridgehead atoms. The number of rotatable bonds is 5. The summed E-state index contributed by atoms with van der Waals surface area (Å²) in [5.41, 5.74) is 4.43. The number of nitrogens with zero attached hydrogens (tertiary/aromatic N) is 2. The van der Waals surface area contributed by atoms with E-state index in [1.165, 1.54) is 0 Å². The maximum atomic E-state index is 4.95. The van der Waals surface area contributed by atoms with E-state index >= 15 is 0 Å². The minimum atomic E-state index is 0.196. The van der Waals surface area contributed by atoms with Crippen molar-refractivity contribution in [3.8, 4) is 0 Å². The number of hydrogen-bond acceptors (Lipinski definition) is 3. The summed E-state index contributed by atoms with van der Waals surface area (Å²) in [6.45, 7) is 15.2. The first kappa shape index (κ1) is 22.5. The molecular weight excluding hydrogens is 330 g/mol. The van der Waals surface area contributed by atoms with Crippen LogP contribution in [0.15, 0.2) is 78.1 Å². The van der Waals surface area contributed by atoms with Crippen LogP contribution in [0, 0.1) is 5.92 Å². The molecule has 2 aliphatic rings. The Morgan fingerprint density at radius 2 is 1.85 bits per heavy atom. The summed E-state index contributed by atoms with van der Waals surface area (Å²) in [4.78, 5) is 7.24. The molecule has 3 nitrogen and oxygen atoms in total. The van der Waals surface area contributed by atoms with Crippen molar-refractivity contribution in [1.82, 2.24) is 10.2 Å². The van der Waals surface area contributed by atoms with Crippen LogP contribution in [0.1, 0.15) is 40.2 Å². The lowest BCUT2D eigenvalue weighted by Crippen LogP contribution is -2.13. The summed E-state index contributed by atoms with van der Waals surface area (Å²) in [5, 5.41) is 3.32. The van der Waals surface area contributed by atoms with E-state index < -0.39 is 0 Å². The Kier molecular flexibility index (Phi) is 9.95. The molecule has 1 aromatic rings.